The van der Waals surface area contributed by atoms with Crippen molar-refractivity contribution in [3.63, 3.8) is 0 Å². The molecule has 0 saturated carbocycles. The van der Waals surface area contributed by atoms with Gasteiger partial charge in [0, 0.05) is 37.9 Å². The Balaban J connectivity index is 1.34. The maximum absolute atomic E-state index is 12.9. The predicted molar refractivity (Wildman–Crippen MR) is 124 cm³/mol. The molecule has 174 valence electrons. The molecule has 2 aliphatic heterocycles. The maximum Gasteiger partial charge on any atom is 0.227 e. The molecule has 4 heterocycles. The largest absolute Gasteiger partial charge is 0.393 e. The summed E-state index contributed by atoms with van der Waals surface area (Å²) in [4.78, 5) is 21.8. The first-order valence-electron chi connectivity index (χ1n) is 11.8. The van der Waals surface area contributed by atoms with Crippen LogP contribution >= 0.6 is 0 Å². The van der Waals surface area contributed by atoms with E-state index in [9.17, 15) is 9.90 Å². The van der Waals surface area contributed by atoms with Crippen LogP contribution in [0, 0.1) is 6.92 Å². The van der Waals surface area contributed by atoms with Crippen molar-refractivity contribution < 1.29 is 14.6 Å². The van der Waals surface area contributed by atoms with Gasteiger partial charge < -0.3 is 14.7 Å². The van der Waals surface area contributed by atoms with E-state index in [2.05, 4.69) is 9.88 Å². The van der Waals surface area contributed by atoms with Crippen molar-refractivity contribution in [2.24, 2.45) is 0 Å². The molecular formula is C25H31N5O3. The van der Waals surface area contributed by atoms with Crippen molar-refractivity contribution in [3.8, 4) is 0 Å². The first kappa shape index (κ1) is 22.0. The first-order valence-corrected chi connectivity index (χ1v) is 11.8. The Labute approximate surface area is 193 Å². The fourth-order valence-electron chi connectivity index (χ4n) is 4.78. The Kier molecular flexibility index (Phi) is 6.39. The molecule has 3 aromatic rings. The Bertz CT molecular complexity index is 1110. The van der Waals surface area contributed by atoms with Crippen molar-refractivity contribution in [1.82, 2.24) is 24.4 Å². The van der Waals surface area contributed by atoms with E-state index in [-0.39, 0.29) is 18.1 Å². The Morgan fingerprint density at radius 3 is 2.73 bits per heavy atom. The smallest absolute Gasteiger partial charge is 0.227 e. The molecule has 5 rings (SSSR count). The SMILES string of the molecule is Cc1nn2c([C@H]3CN(C(=O)Cc4ccccc4)CCO3)ccnc2c1CN1CCC(O)CC1. The van der Waals surface area contributed by atoms with E-state index in [0.29, 0.717) is 26.1 Å². The number of ether oxygens (including phenoxy) is 1. The predicted octanol–water partition coefficient (Wildman–Crippen LogP) is 2.14. The number of likely N-dealkylation sites (tertiary alicyclic amines) is 1. The lowest BCUT2D eigenvalue weighted by Crippen LogP contribution is -2.43. The molecule has 2 aromatic heterocycles. The monoisotopic (exact) mass is 449 g/mol. The number of carbonyl (C=O) groups excluding carboxylic acids is 1. The van der Waals surface area contributed by atoms with E-state index in [1.807, 2.05) is 58.9 Å². The molecule has 0 radical (unpaired) electrons. The molecule has 0 aliphatic carbocycles. The molecule has 0 bridgehead atoms. The third kappa shape index (κ3) is 4.78. The van der Waals surface area contributed by atoms with Crippen LogP contribution in [0.4, 0.5) is 0 Å². The van der Waals surface area contributed by atoms with E-state index in [0.717, 1.165) is 60.6 Å². The first-order chi connectivity index (χ1) is 16.1. The second-order valence-electron chi connectivity index (χ2n) is 9.04. The number of piperidine rings is 1. The molecule has 2 aliphatic rings. The van der Waals surface area contributed by atoms with Crippen LogP contribution in [0.25, 0.3) is 5.65 Å². The molecule has 1 amide bonds. The van der Waals surface area contributed by atoms with Gasteiger partial charge in [-0.3, -0.25) is 9.69 Å². The van der Waals surface area contributed by atoms with Crippen molar-refractivity contribution >= 4 is 11.6 Å². The molecule has 33 heavy (non-hydrogen) atoms. The highest BCUT2D eigenvalue weighted by Crippen LogP contribution is 2.26. The van der Waals surface area contributed by atoms with Gasteiger partial charge in [0.2, 0.25) is 5.91 Å². The van der Waals surface area contributed by atoms with Crippen LogP contribution in [0.15, 0.2) is 42.6 Å². The van der Waals surface area contributed by atoms with Crippen LogP contribution in [0.3, 0.4) is 0 Å². The molecular weight excluding hydrogens is 418 g/mol. The number of nitrogens with zero attached hydrogens (tertiary/aromatic N) is 5. The second-order valence-corrected chi connectivity index (χ2v) is 9.04. The van der Waals surface area contributed by atoms with Gasteiger partial charge >= 0.3 is 0 Å². The van der Waals surface area contributed by atoms with Crippen LogP contribution in [-0.4, -0.2) is 74.3 Å². The van der Waals surface area contributed by atoms with Crippen LogP contribution in [0.1, 0.15) is 41.5 Å². The minimum absolute atomic E-state index is 0.115. The van der Waals surface area contributed by atoms with Gasteiger partial charge in [-0.15, -0.1) is 0 Å². The summed E-state index contributed by atoms with van der Waals surface area (Å²) in [6.45, 7) is 6.14. The minimum Gasteiger partial charge on any atom is -0.393 e. The second kappa shape index (κ2) is 9.59. The number of morpholine rings is 1. The fraction of sp³-hybridized carbons (Fsp3) is 0.480. The average Bonchev–Trinajstić information content (AvgIpc) is 3.16. The van der Waals surface area contributed by atoms with Gasteiger partial charge in [0.05, 0.1) is 37.1 Å². The Morgan fingerprint density at radius 1 is 1.15 bits per heavy atom. The normalized spacial score (nSPS) is 20.4. The third-order valence-electron chi connectivity index (χ3n) is 6.73. The summed E-state index contributed by atoms with van der Waals surface area (Å²) in [5, 5.41) is 14.6. The lowest BCUT2D eigenvalue weighted by atomic mass is 10.1. The Hall–Kier alpha value is -2.81. The van der Waals surface area contributed by atoms with Crippen LogP contribution < -0.4 is 0 Å². The zero-order chi connectivity index (χ0) is 22.8. The summed E-state index contributed by atoms with van der Waals surface area (Å²) in [6.07, 6.45) is 3.38. The summed E-state index contributed by atoms with van der Waals surface area (Å²) in [5.74, 6) is 0.115. The number of aliphatic hydroxyl groups excluding tert-OH is 1. The van der Waals surface area contributed by atoms with Gasteiger partial charge in [0.25, 0.3) is 0 Å². The molecule has 0 spiro atoms. The zero-order valence-electron chi connectivity index (χ0n) is 19.1. The molecule has 1 atom stereocenters. The number of hydrogen-bond donors (Lipinski definition) is 1. The third-order valence-corrected chi connectivity index (χ3v) is 6.73. The lowest BCUT2D eigenvalue weighted by molar-refractivity contribution is -0.138. The number of aryl methyl sites for hydroxylation is 1. The standard InChI is InChI=1S/C25H31N5O3/c1-18-21(16-28-11-8-20(31)9-12-28)25-26-10-7-22(30(25)27-18)23-17-29(13-14-33-23)24(32)15-19-5-3-2-4-6-19/h2-7,10,20,23,31H,8-9,11-17H2,1H3/t23-/m1/s1. The van der Waals surface area contributed by atoms with E-state index in [1.54, 1.807) is 0 Å². The number of hydrogen-bond acceptors (Lipinski definition) is 6. The molecule has 2 fully saturated rings. The van der Waals surface area contributed by atoms with Gasteiger partial charge in [0.15, 0.2) is 5.65 Å². The van der Waals surface area contributed by atoms with Crippen molar-refractivity contribution in [2.45, 2.75) is 44.9 Å². The number of carbonyl (C=O) groups is 1. The highest BCUT2D eigenvalue weighted by Gasteiger charge is 2.28. The van der Waals surface area contributed by atoms with Crippen LogP contribution in [0.5, 0.6) is 0 Å². The zero-order valence-corrected chi connectivity index (χ0v) is 19.1. The van der Waals surface area contributed by atoms with E-state index < -0.39 is 0 Å². The van der Waals surface area contributed by atoms with Crippen LogP contribution in [-0.2, 0) is 22.5 Å². The number of aromatic nitrogens is 3. The molecule has 2 saturated heterocycles. The molecule has 1 aromatic carbocycles. The van der Waals surface area contributed by atoms with Gasteiger partial charge in [-0.05, 0) is 31.4 Å². The van der Waals surface area contributed by atoms with Gasteiger partial charge in [-0.2, -0.15) is 5.10 Å². The van der Waals surface area contributed by atoms with E-state index in [4.69, 9.17) is 9.84 Å². The highest BCUT2D eigenvalue weighted by molar-refractivity contribution is 5.78. The number of benzene rings is 1. The fourth-order valence-corrected chi connectivity index (χ4v) is 4.78. The van der Waals surface area contributed by atoms with Crippen molar-refractivity contribution in [3.05, 3.63) is 65.1 Å². The summed E-state index contributed by atoms with van der Waals surface area (Å²) in [6, 6.07) is 11.8. The van der Waals surface area contributed by atoms with Gasteiger partial charge in [0.1, 0.15) is 6.10 Å². The molecule has 0 unspecified atom stereocenters. The van der Waals surface area contributed by atoms with E-state index in [1.165, 1.54) is 0 Å². The van der Waals surface area contributed by atoms with E-state index >= 15 is 0 Å². The number of fused-ring (bicyclic) bond motifs is 1. The maximum atomic E-state index is 12.9. The highest BCUT2D eigenvalue weighted by atomic mass is 16.5. The average molecular weight is 450 g/mol. The number of rotatable bonds is 5. The Morgan fingerprint density at radius 2 is 1.94 bits per heavy atom. The number of aliphatic hydroxyl groups is 1. The summed E-state index contributed by atoms with van der Waals surface area (Å²) in [5.41, 5.74) is 4.84. The number of amides is 1. The molecule has 1 N–H and O–H groups in total. The summed E-state index contributed by atoms with van der Waals surface area (Å²) < 4.78 is 7.98. The molecule has 8 heteroatoms. The minimum atomic E-state index is -0.249. The van der Waals surface area contributed by atoms with Crippen LogP contribution in [0.2, 0.25) is 0 Å². The molecule has 8 nitrogen and oxygen atoms in total. The van der Waals surface area contributed by atoms with Crippen molar-refractivity contribution in [2.75, 3.05) is 32.8 Å². The van der Waals surface area contributed by atoms with Gasteiger partial charge in [-0.1, -0.05) is 30.3 Å². The lowest BCUT2D eigenvalue weighted by Gasteiger charge is -2.33. The van der Waals surface area contributed by atoms with Gasteiger partial charge in [-0.25, -0.2) is 9.50 Å². The van der Waals surface area contributed by atoms with Crippen molar-refractivity contribution in [1.29, 1.82) is 0 Å². The topological polar surface area (TPSA) is 83.2 Å². The summed E-state index contributed by atoms with van der Waals surface area (Å²) >= 11 is 0. The summed E-state index contributed by atoms with van der Waals surface area (Å²) in [7, 11) is 0. The quantitative estimate of drug-likeness (QED) is 0.643.